The van der Waals surface area contributed by atoms with E-state index in [9.17, 15) is 27.9 Å². The van der Waals surface area contributed by atoms with E-state index in [1.54, 1.807) is 7.11 Å². The van der Waals surface area contributed by atoms with Crippen LogP contribution in [0.3, 0.4) is 0 Å². The Hall–Kier alpha value is -4.64. The summed E-state index contributed by atoms with van der Waals surface area (Å²) in [5.41, 5.74) is -1.54. The molecule has 7 aliphatic rings. The lowest BCUT2D eigenvalue weighted by molar-refractivity contribution is -0.145. The van der Waals surface area contributed by atoms with Crippen LogP contribution in [-0.2, 0) is 29.1 Å². The fourth-order valence-corrected chi connectivity index (χ4v) is 12.0. The zero-order valence-corrected chi connectivity index (χ0v) is 36.0. The molecule has 61 heavy (non-hydrogen) atoms. The molecule has 10 atom stereocenters. The van der Waals surface area contributed by atoms with Crippen LogP contribution in [0.25, 0.3) is 10.8 Å². The van der Waals surface area contributed by atoms with Crippen molar-refractivity contribution < 1.29 is 46.9 Å². The summed E-state index contributed by atoms with van der Waals surface area (Å²) in [4.78, 5) is 67.5. The molecule has 4 aliphatic carbocycles. The Kier molecular flexibility index (Phi) is 11.1. The van der Waals surface area contributed by atoms with Crippen molar-refractivity contribution in [3.8, 4) is 11.6 Å². The highest BCUT2D eigenvalue weighted by atomic mass is 32.2. The molecule has 9 rings (SSSR count). The van der Waals surface area contributed by atoms with Crippen LogP contribution < -0.4 is 24.4 Å². The fraction of sp³-hybridized carbons (Fsp3) is 0.659. The molecular formula is C44H58N6O10S. The van der Waals surface area contributed by atoms with Gasteiger partial charge in [0.2, 0.25) is 27.7 Å². The van der Waals surface area contributed by atoms with Crippen LogP contribution in [-0.4, -0.2) is 127 Å². The highest BCUT2D eigenvalue weighted by Crippen LogP contribution is 2.54. The predicted octanol–water partition coefficient (Wildman–Crippen LogP) is 4.07. The van der Waals surface area contributed by atoms with Crippen molar-refractivity contribution in [2.75, 3.05) is 44.9 Å². The summed E-state index contributed by atoms with van der Waals surface area (Å²) in [5, 5.41) is 14.7. The molecule has 0 radical (unpaired) electrons. The van der Waals surface area contributed by atoms with Crippen molar-refractivity contribution in [2.45, 2.75) is 113 Å². The van der Waals surface area contributed by atoms with E-state index in [-0.39, 0.29) is 37.3 Å². The minimum absolute atomic E-state index is 0.0232. The number of allylic oxidation sites excluding steroid dienone is 1. The number of pyridine rings is 1. The largest absolute Gasteiger partial charge is 0.497 e. The molecule has 17 heteroatoms. The van der Waals surface area contributed by atoms with Gasteiger partial charge in [0.05, 0.1) is 32.1 Å². The van der Waals surface area contributed by atoms with Gasteiger partial charge < -0.3 is 34.4 Å². The lowest BCUT2D eigenvalue weighted by atomic mass is 9.86. The first-order chi connectivity index (χ1) is 29.2. The number of fused-ring (bicyclic) bond motifs is 4. The van der Waals surface area contributed by atoms with Crippen molar-refractivity contribution in [2.24, 2.45) is 29.6 Å². The first kappa shape index (κ1) is 41.7. The minimum atomic E-state index is -3.93. The second kappa shape index (κ2) is 16.2. The van der Waals surface area contributed by atoms with Crippen LogP contribution in [0.2, 0.25) is 0 Å². The van der Waals surface area contributed by atoms with E-state index in [1.807, 2.05) is 43.3 Å². The van der Waals surface area contributed by atoms with Gasteiger partial charge in [0.15, 0.2) is 0 Å². The third-order valence-electron chi connectivity index (χ3n) is 14.3. The van der Waals surface area contributed by atoms with Crippen molar-refractivity contribution in [1.82, 2.24) is 24.8 Å². The topological polar surface area (TPSA) is 197 Å². The number of benzene rings is 1. The molecule has 4 amide bonds. The van der Waals surface area contributed by atoms with Crippen LogP contribution >= 0.6 is 0 Å². The van der Waals surface area contributed by atoms with E-state index in [4.69, 9.17) is 19.2 Å². The Balaban J connectivity index is 1.08. The smallest absolute Gasteiger partial charge is 0.408 e. The second-order valence-corrected chi connectivity index (χ2v) is 20.7. The number of nitrogens with one attached hydrogen (secondary N) is 2. The van der Waals surface area contributed by atoms with Crippen LogP contribution in [0.1, 0.15) is 78.1 Å². The van der Waals surface area contributed by atoms with E-state index in [0.717, 1.165) is 18.2 Å². The summed E-state index contributed by atoms with van der Waals surface area (Å²) in [6, 6.07) is 5.01. The Labute approximate surface area is 356 Å². The van der Waals surface area contributed by atoms with Gasteiger partial charge in [-0.05, 0) is 111 Å². The second-order valence-electron chi connectivity index (χ2n) is 18.7. The van der Waals surface area contributed by atoms with Gasteiger partial charge in [0.25, 0.3) is 5.91 Å². The highest BCUT2D eigenvalue weighted by molar-refractivity contribution is 7.91. The van der Waals surface area contributed by atoms with Crippen LogP contribution in [0.5, 0.6) is 11.6 Å². The number of aromatic nitrogens is 1. The molecule has 330 valence electrons. The molecule has 0 spiro atoms. The van der Waals surface area contributed by atoms with Crippen molar-refractivity contribution in [3.63, 3.8) is 0 Å². The number of carboxylic acid groups (broad SMARTS) is 1. The molecule has 0 bridgehead atoms. The maximum absolute atomic E-state index is 15.4. The van der Waals surface area contributed by atoms with Crippen molar-refractivity contribution >= 4 is 50.4 Å². The van der Waals surface area contributed by atoms with Crippen molar-refractivity contribution in [1.29, 1.82) is 0 Å². The Morgan fingerprint density at radius 3 is 2.49 bits per heavy atom. The number of carbonyl (C=O) groups excluding carboxylic acids is 3. The van der Waals surface area contributed by atoms with Gasteiger partial charge in [-0.1, -0.05) is 26.0 Å². The fourth-order valence-electron chi connectivity index (χ4n) is 10.6. The van der Waals surface area contributed by atoms with E-state index in [1.165, 1.54) is 9.80 Å². The molecular weight excluding hydrogens is 805 g/mol. The first-order valence-corrected chi connectivity index (χ1v) is 23.6. The number of methoxy groups -OCH3 is 1. The van der Waals surface area contributed by atoms with Gasteiger partial charge in [0.1, 0.15) is 35.3 Å². The standard InChI is InChI=1S/C44H58N6O10S/c1-25-6-4-5-7-30-23-44(30,42(53)47-61(56,57)34-9-10-34)46-39(51)36-22-33(24-49(36)41(52)38(26(2)16-25)50(43(54)55)31-18-27-17-28(27)19-31)60-40-35-11-8-32(58-3)20-29(35)21-37(45-40)48-12-14-59-15-13-48/h5,7-8,11,20-21,25-28,30-31,33-34,36,38H,4,6,9-10,12-19,22-24H2,1-3H3,(H,46,51)(H,47,53)(H,54,55)/b7-5-/t25-,26+,27-,28?,30+,31+,33+,36-,38-,44+/m0/s1. The maximum atomic E-state index is 15.4. The van der Waals surface area contributed by atoms with Crippen molar-refractivity contribution in [3.05, 3.63) is 36.4 Å². The zero-order chi connectivity index (χ0) is 42.8. The summed E-state index contributed by atoms with van der Waals surface area (Å²) < 4.78 is 46.2. The average Bonchev–Trinajstić information content (AvgIpc) is 4.20. The number of rotatable bonds is 9. The lowest BCUT2D eigenvalue weighted by Crippen LogP contribution is -2.61. The lowest BCUT2D eigenvalue weighted by Gasteiger charge is -2.40. The number of hydrogen-bond donors (Lipinski definition) is 3. The highest BCUT2D eigenvalue weighted by Gasteiger charge is 2.62. The van der Waals surface area contributed by atoms with E-state index in [0.29, 0.717) is 99.5 Å². The molecule has 2 saturated heterocycles. The molecule has 1 aromatic carbocycles. The molecule has 3 N–H and O–H groups in total. The van der Waals surface area contributed by atoms with E-state index < -0.39 is 68.7 Å². The number of nitrogens with zero attached hydrogens (tertiary/aromatic N) is 4. The molecule has 3 aliphatic heterocycles. The summed E-state index contributed by atoms with van der Waals surface area (Å²) in [7, 11) is -2.33. The molecule has 4 saturated carbocycles. The molecule has 2 aromatic rings. The number of anilines is 1. The van der Waals surface area contributed by atoms with E-state index in [2.05, 4.69) is 21.9 Å². The van der Waals surface area contributed by atoms with E-state index >= 15 is 4.79 Å². The SMILES string of the molecule is COc1ccc2c(O[C@@H]3C[C@H]4C(=O)N[C@]5(C(=O)NS(=O)(=O)C6CC6)C[C@H]5/C=C\CC[C@H](C)C[C@@H](C)[C@H](N(C(=O)O)[C@H]5CC6C[C@H]6C5)C(=O)N4C3)nc(N3CCOCC3)cc2c1. The number of morpholine rings is 1. The monoisotopic (exact) mass is 862 g/mol. The summed E-state index contributed by atoms with van der Waals surface area (Å²) in [6.45, 7) is 6.34. The molecule has 1 unspecified atom stereocenters. The van der Waals surface area contributed by atoms with Gasteiger partial charge in [-0.15, -0.1) is 0 Å². The Morgan fingerprint density at radius 1 is 1.03 bits per heavy atom. The molecule has 1 aromatic heterocycles. The van der Waals surface area contributed by atoms with Gasteiger partial charge in [-0.25, -0.2) is 13.2 Å². The number of amides is 4. The quantitative estimate of drug-likeness (QED) is 0.306. The van der Waals surface area contributed by atoms with Crippen LogP contribution in [0.4, 0.5) is 10.6 Å². The number of hydrogen-bond acceptors (Lipinski definition) is 11. The zero-order valence-electron chi connectivity index (χ0n) is 35.2. The first-order valence-electron chi connectivity index (χ1n) is 22.1. The average molecular weight is 863 g/mol. The third-order valence-corrected chi connectivity index (χ3v) is 16.1. The molecule has 16 nitrogen and oxygen atoms in total. The predicted molar refractivity (Wildman–Crippen MR) is 225 cm³/mol. The maximum Gasteiger partial charge on any atom is 0.408 e. The van der Waals surface area contributed by atoms with Crippen LogP contribution in [0, 0.1) is 29.6 Å². The minimum Gasteiger partial charge on any atom is -0.497 e. The Morgan fingerprint density at radius 2 is 1.79 bits per heavy atom. The molecule has 6 fully saturated rings. The van der Waals surface area contributed by atoms with Crippen LogP contribution in [0.15, 0.2) is 36.4 Å². The number of sulfonamides is 1. The van der Waals surface area contributed by atoms with Gasteiger partial charge >= 0.3 is 6.09 Å². The number of carbonyl (C=O) groups is 4. The normalized spacial score (nSPS) is 34.5. The summed E-state index contributed by atoms with van der Waals surface area (Å²) in [6.07, 6.45) is 7.60. The van der Waals surface area contributed by atoms with Gasteiger partial charge in [-0.2, -0.15) is 4.98 Å². The van der Waals surface area contributed by atoms with Gasteiger partial charge in [-0.3, -0.25) is 24.0 Å². The Bertz CT molecular complexity index is 2200. The summed E-state index contributed by atoms with van der Waals surface area (Å²) in [5.74, 6) is -0.0404. The molecule has 4 heterocycles. The number of ether oxygens (including phenoxy) is 3. The van der Waals surface area contributed by atoms with Gasteiger partial charge in [0, 0.05) is 36.9 Å². The summed E-state index contributed by atoms with van der Waals surface area (Å²) >= 11 is 0. The third kappa shape index (κ3) is 8.35.